The van der Waals surface area contributed by atoms with Crippen molar-refractivity contribution in [1.82, 2.24) is 9.88 Å². The number of benzene rings is 1. The highest BCUT2D eigenvalue weighted by atomic mass is 35.5. The van der Waals surface area contributed by atoms with Gasteiger partial charge in [-0.25, -0.2) is 4.98 Å². The van der Waals surface area contributed by atoms with Gasteiger partial charge in [0.2, 0.25) is 0 Å². The molecule has 159 valence electrons. The van der Waals surface area contributed by atoms with Gasteiger partial charge in [-0.15, -0.1) is 0 Å². The van der Waals surface area contributed by atoms with Gasteiger partial charge >= 0.3 is 0 Å². The number of carbonyl (C=O) groups is 1. The highest BCUT2D eigenvalue weighted by molar-refractivity contribution is 6.40. The summed E-state index contributed by atoms with van der Waals surface area (Å²) in [7, 11) is 0. The van der Waals surface area contributed by atoms with E-state index in [1.807, 2.05) is 12.1 Å². The lowest BCUT2D eigenvalue weighted by Crippen LogP contribution is -2.34. The summed E-state index contributed by atoms with van der Waals surface area (Å²) in [5, 5.41) is 0.638. The van der Waals surface area contributed by atoms with E-state index in [1.54, 1.807) is 35.4 Å². The highest BCUT2D eigenvalue weighted by Crippen LogP contribution is 2.27. The van der Waals surface area contributed by atoms with E-state index in [1.165, 1.54) is 0 Å². The molecule has 2 aromatic rings. The van der Waals surface area contributed by atoms with Crippen molar-refractivity contribution in [2.45, 2.75) is 25.7 Å². The Bertz CT molecular complexity index is 854. The first-order valence-electron chi connectivity index (χ1n) is 10.2. The first-order valence-corrected chi connectivity index (χ1v) is 10.9. The molecule has 1 aliphatic rings. The molecule has 1 aliphatic heterocycles. The zero-order valence-corrected chi connectivity index (χ0v) is 18.4. The van der Waals surface area contributed by atoms with Crippen LogP contribution in [0.3, 0.4) is 0 Å². The molecule has 0 saturated carbocycles. The van der Waals surface area contributed by atoms with Gasteiger partial charge in [-0.3, -0.25) is 9.69 Å². The number of ether oxygens (including phenoxy) is 1. The van der Waals surface area contributed by atoms with Crippen LogP contribution in [0.2, 0.25) is 10.0 Å². The molecule has 7 heteroatoms. The second kappa shape index (κ2) is 11.2. The fourth-order valence-electron chi connectivity index (χ4n) is 3.35. The maximum atomic E-state index is 13.3. The Morgan fingerprint density at radius 1 is 1.17 bits per heavy atom. The fourth-order valence-corrected chi connectivity index (χ4v) is 3.91. The van der Waals surface area contributed by atoms with Crippen molar-refractivity contribution in [1.29, 1.82) is 0 Å². The molecule has 30 heavy (non-hydrogen) atoms. The van der Waals surface area contributed by atoms with Crippen molar-refractivity contribution in [2.75, 3.05) is 31.1 Å². The number of nitrogens with zero attached hydrogens (tertiary/aromatic N) is 3. The first-order chi connectivity index (χ1) is 14.6. The van der Waals surface area contributed by atoms with Crippen molar-refractivity contribution >= 4 is 34.9 Å². The molecule has 0 unspecified atom stereocenters. The molecule has 1 radical (unpaired) electrons. The van der Waals surface area contributed by atoms with Crippen molar-refractivity contribution in [3.63, 3.8) is 0 Å². The lowest BCUT2D eigenvalue weighted by atomic mass is 10.2. The van der Waals surface area contributed by atoms with Crippen molar-refractivity contribution in [2.24, 2.45) is 0 Å². The Kier molecular flexibility index (Phi) is 8.40. The Labute approximate surface area is 188 Å². The van der Waals surface area contributed by atoms with E-state index >= 15 is 0 Å². The Balaban J connectivity index is 1.70. The van der Waals surface area contributed by atoms with E-state index in [2.05, 4.69) is 22.9 Å². The van der Waals surface area contributed by atoms with Gasteiger partial charge in [0.15, 0.2) is 5.88 Å². The summed E-state index contributed by atoms with van der Waals surface area (Å²) in [6.45, 7) is 6.53. The summed E-state index contributed by atoms with van der Waals surface area (Å²) in [5.74, 6) is 1.15. The van der Waals surface area contributed by atoms with Crippen LogP contribution < -0.4 is 4.90 Å². The zero-order chi connectivity index (χ0) is 21.3. The van der Waals surface area contributed by atoms with Gasteiger partial charge in [-0.05, 0) is 62.9 Å². The van der Waals surface area contributed by atoms with Gasteiger partial charge in [0.05, 0.1) is 22.2 Å². The summed E-state index contributed by atoms with van der Waals surface area (Å²) in [6, 6.07) is 10.5. The molecule has 5 nitrogen and oxygen atoms in total. The smallest absolute Gasteiger partial charge is 0.262 e. The maximum Gasteiger partial charge on any atom is 0.262 e. The number of anilines is 1. The molecule has 1 aromatic heterocycles. The monoisotopic (exact) mass is 446 g/mol. The topological polar surface area (TPSA) is 45.7 Å². The predicted octanol–water partition coefficient (Wildman–Crippen LogP) is 5.60. The number of rotatable bonds is 8. The minimum absolute atomic E-state index is 0.280. The van der Waals surface area contributed by atoms with Gasteiger partial charge in [0.1, 0.15) is 5.82 Å². The summed E-state index contributed by atoms with van der Waals surface area (Å²) in [4.78, 5) is 21.4. The van der Waals surface area contributed by atoms with Crippen LogP contribution in [-0.4, -0.2) is 42.0 Å². The Hall–Kier alpha value is -2.24. The third-order valence-electron chi connectivity index (χ3n) is 4.91. The molecule has 0 atom stereocenters. The number of aromatic nitrogens is 1. The van der Waals surface area contributed by atoms with Gasteiger partial charge in [-0.2, -0.15) is 0 Å². The van der Waals surface area contributed by atoms with Crippen molar-refractivity contribution in [3.05, 3.63) is 77.1 Å². The molecule has 3 rings (SSSR count). The minimum Gasteiger partial charge on any atom is -0.479 e. The second-order valence-corrected chi connectivity index (χ2v) is 7.78. The number of allylic oxidation sites excluding steroid dienone is 1. The second-order valence-electron chi connectivity index (χ2n) is 6.97. The van der Waals surface area contributed by atoms with E-state index in [9.17, 15) is 4.79 Å². The average Bonchev–Trinajstić information content (AvgIpc) is 2.99. The van der Waals surface area contributed by atoms with Gasteiger partial charge in [0, 0.05) is 25.8 Å². The Morgan fingerprint density at radius 3 is 2.67 bits per heavy atom. The van der Waals surface area contributed by atoms with Gasteiger partial charge in [0.25, 0.3) is 5.91 Å². The Morgan fingerprint density at radius 2 is 1.97 bits per heavy atom. The quantitative estimate of drug-likeness (QED) is 0.494. The van der Waals surface area contributed by atoms with E-state index < -0.39 is 0 Å². The van der Waals surface area contributed by atoms with Crippen LogP contribution in [0.25, 0.3) is 0 Å². The van der Waals surface area contributed by atoms with Crippen molar-refractivity contribution < 1.29 is 9.53 Å². The fraction of sp³-hybridized carbons (Fsp3) is 0.348. The molecule has 1 amide bonds. The first kappa shape index (κ1) is 22.4. The van der Waals surface area contributed by atoms with Crippen molar-refractivity contribution in [3.8, 4) is 0 Å². The molecule has 0 fully saturated rings. The normalized spacial score (nSPS) is 14.1. The van der Waals surface area contributed by atoms with E-state index in [0.29, 0.717) is 42.0 Å². The van der Waals surface area contributed by atoms with E-state index in [0.717, 1.165) is 31.7 Å². The molecular weight excluding hydrogens is 421 g/mol. The molecule has 0 bridgehead atoms. The third-order valence-corrected chi connectivity index (χ3v) is 5.54. The molecular formula is C23H26Cl2N3O2. The standard InChI is InChI=1S/C23H26Cl2N3O2/c1-2-27-15-7-3-4-13-21(27)30-17-9-16-28(20-12-5-6-14-26-20)23(29)22-18(24)10-8-11-19(22)25/h5-6,8,10-14H,1-4,7,9,15-17H2. The van der Waals surface area contributed by atoms with Crippen LogP contribution in [0.1, 0.15) is 36.0 Å². The minimum atomic E-state index is -0.280. The molecule has 0 saturated heterocycles. The number of hydrogen-bond donors (Lipinski definition) is 0. The number of halogens is 2. The summed E-state index contributed by atoms with van der Waals surface area (Å²) >= 11 is 12.5. The van der Waals surface area contributed by atoms with E-state index in [-0.39, 0.29) is 11.5 Å². The van der Waals surface area contributed by atoms with Crippen LogP contribution in [0, 0.1) is 6.92 Å². The molecule has 0 aliphatic carbocycles. The van der Waals surface area contributed by atoms with Crippen LogP contribution >= 0.6 is 23.2 Å². The third kappa shape index (κ3) is 5.67. The van der Waals surface area contributed by atoms with Crippen LogP contribution in [-0.2, 0) is 4.74 Å². The highest BCUT2D eigenvalue weighted by Gasteiger charge is 2.23. The van der Waals surface area contributed by atoms with Gasteiger partial charge in [-0.1, -0.05) is 35.3 Å². The zero-order valence-electron chi connectivity index (χ0n) is 16.9. The van der Waals surface area contributed by atoms with Gasteiger partial charge < -0.3 is 9.64 Å². The predicted molar refractivity (Wildman–Crippen MR) is 122 cm³/mol. The SMILES string of the molecule is [CH2]CN1CCCCC=C1OCCCN(C(=O)c1c(Cl)cccc1Cl)c1ccccn1. The molecule has 0 spiro atoms. The average molecular weight is 447 g/mol. The summed E-state index contributed by atoms with van der Waals surface area (Å²) < 4.78 is 6.02. The summed E-state index contributed by atoms with van der Waals surface area (Å²) in [6.07, 6.45) is 7.72. The molecule has 0 N–H and O–H groups in total. The maximum absolute atomic E-state index is 13.3. The van der Waals surface area contributed by atoms with Crippen LogP contribution in [0.5, 0.6) is 0 Å². The number of amides is 1. The van der Waals surface area contributed by atoms with Crippen LogP contribution in [0.15, 0.2) is 54.6 Å². The number of pyridine rings is 1. The number of carbonyl (C=O) groups excluding carboxylic acids is 1. The number of hydrogen-bond acceptors (Lipinski definition) is 4. The van der Waals surface area contributed by atoms with Crippen LogP contribution in [0.4, 0.5) is 5.82 Å². The summed E-state index contributed by atoms with van der Waals surface area (Å²) in [5.41, 5.74) is 0.280. The largest absolute Gasteiger partial charge is 0.479 e. The molecule has 1 aromatic carbocycles. The van der Waals surface area contributed by atoms with E-state index in [4.69, 9.17) is 27.9 Å². The lowest BCUT2D eigenvalue weighted by Gasteiger charge is -2.26. The molecule has 2 heterocycles. The lowest BCUT2D eigenvalue weighted by molar-refractivity contribution is 0.0975.